The molecular formula is C10H17Cl2N3O2. The zero-order valence-electron chi connectivity index (χ0n) is 9.56. The highest BCUT2D eigenvalue weighted by molar-refractivity contribution is 5.93. The third-order valence-corrected chi connectivity index (χ3v) is 2.59. The fraction of sp³-hybridized carbons (Fsp3) is 0.600. The van der Waals surface area contributed by atoms with E-state index in [4.69, 9.17) is 4.42 Å². The van der Waals surface area contributed by atoms with Crippen LogP contribution in [0.25, 0.3) is 0 Å². The number of rotatable bonds is 4. The van der Waals surface area contributed by atoms with E-state index < -0.39 is 0 Å². The molecule has 0 radical (unpaired) electrons. The van der Waals surface area contributed by atoms with Gasteiger partial charge in [0.1, 0.15) is 5.76 Å². The Morgan fingerprint density at radius 1 is 1.59 bits per heavy atom. The Bertz CT molecular complexity index is 353. The molecule has 1 aromatic heterocycles. The molecule has 0 aromatic carbocycles. The van der Waals surface area contributed by atoms with Crippen LogP contribution in [0.5, 0.6) is 0 Å². The number of aromatic nitrogens is 1. The Balaban J connectivity index is 0.00000128. The summed E-state index contributed by atoms with van der Waals surface area (Å²) in [6.45, 7) is 4.62. The molecule has 98 valence electrons. The summed E-state index contributed by atoms with van der Waals surface area (Å²) in [5.74, 6) is 1.08. The summed E-state index contributed by atoms with van der Waals surface area (Å²) in [5, 5.41) is 6.02. The molecule has 1 saturated heterocycles. The monoisotopic (exact) mass is 281 g/mol. The maximum absolute atomic E-state index is 11.7. The minimum atomic E-state index is -0.132. The first kappa shape index (κ1) is 16.2. The predicted octanol–water partition coefficient (Wildman–Crippen LogP) is 1.03. The largest absolute Gasteiger partial charge is 0.448 e. The van der Waals surface area contributed by atoms with Gasteiger partial charge in [0.2, 0.25) is 0 Å². The molecular weight excluding hydrogens is 265 g/mol. The van der Waals surface area contributed by atoms with Crippen molar-refractivity contribution < 1.29 is 9.21 Å². The van der Waals surface area contributed by atoms with Crippen LogP contribution in [0.2, 0.25) is 0 Å². The van der Waals surface area contributed by atoms with Crippen molar-refractivity contribution >= 4 is 30.7 Å². The third-order valence-electron chi connectivity index (χ3n) is 2.59. The topological polar surface area (TPSA) is 67.2 Å². The van der Waals surface area contributed by atoms with E-state index in [-0.39, 0.29) is 30.7 Å². The fourth-order valence-corrected chi connectivity index (χ4v) is 1.52. The standard InChI is InChI=1S/C10H15N3O2.2ClH/c1-2-8-9(13-6-15-8)10(14)12-5-7-3-11-4-7;;/h6-7,11H,2-5H2,1H3,(H,12,14);2*1H. The number of nitrogens with one attached hydrogen (secondary N) is 2. The maximum atomic E-state index is 11.7. The van der Waals surface area contributed by atoms with E-state index in [0.717, 1.165) is 13.1 Å². The van der Waals surface area contributed by atoms with E-state index in [9.17, 15) is 4.79 Å². The van der Waals surface area contributed by atoms with Gasteiger partial charge in [0, 0.05) is 32.0 Å². The summed E-state index contributed by atoms with van der Waals surface area (Å²) in [6, 6.07) is 0. The lowest BCUT2D eigenvalue weighted by Gasteiger charge is -2.26. The first-order valence-corrected chi connectivity index (χ1v) is 5.22. The first-order chi connectivity index (χ1) is 7.31. The van der Waals surface area contributed by atoms with Gasteiger partial charge in [0.05, 0.1) is 0 Å². The minimum absolute atomic E-state index is 0. The highest BCUT2D eigenvalue weighted by Gasteiger charge is 2.20. The van der Waals surface area contributed by atoms with Crippen LogP contribution >= 0.6 is 24.8 Å². The van der Waals surface area contributed by atoms with Gasteiger partial charge < -0.3 is 15.1 Å². The Morgan fingerprint density at radius 3 is 2.82 bits per heavy atom. The Labute approximate surface area is 113 Å². The lowest BCUT2D eigenvalue weighted by atomic mass is 10.0. The third kappa shape index (κ3) is 3.87. The van der Waals surface area contributed by atoms with Gasteiger partial charge in [-0.05, 0) is 0 Å². The number of aryl methyl sites for hydroxylation is 1. The van der Waals surface area contributed by atoms with Crippen LogP contribution < -0.4 is 10.6 Å². The zero-order valence-corrected chi connectivity index (χ0v) is 11.2. The summed E-state index contributed by atoms with van der Waals surface area (Å²) >= 11 is 0. The quantitative estimate of drug-likeness (QED) is 0.865. The summed E-state index contributed by atoms with van der Waals surface area (Å²) in [5.41, 5.74) is 0.421. The molecule has 0 bridgehead atoms. The van der Waals surface area contributed by atoms with E-state index in [1.54, 1.807) is 0 Å². The Morgan fingerprint density at radius 2 is 2.29 bits per heavy atom. The van der Waals surface area contributed by atoms with Gasteiger partial charge in [-0.1, -0.05) is 6.92 Å². The summed E-state index contributed by atoms with van der Waals surface area (Å²) < 4.78 is 5.10. The van der Waals surface area contributed by atoms with Crippen molar-refractivity contribution in [2.75, 3.05) is 19.6 Å². The molecule has 2 N–H and O–H groups in total. The van der Waals surface area contributed by atoms with Crippen molar-refractivity contribution in [3.63, 3.8) is 0 Å². The smallest absolute Gasteiger partial charge is 0.273 e. The van der Waals surface area contributed by atoms with Crippen LogP contribution in [0.3, 0.4) is 0 Å². The van der Waals surface area contributed by atoms with Crippen molar-refractivity contribution in [3.8, 4) is 0 Å². The highest BCUT2D eigenvalue weighted by Crippen LogP contribution is 2.07. The second kappa shape index (κ2) is 7.53. The summed E-state index contributed by atoms with van der Waals surface area (Å²) in [7, 11) is 0. The highest BCUT2D eigenvalue weighted by atomic mass is 35.5. The molecule has 1 aliphatic heterocycles. The molecule has 7 heteroatoms. The van der Waals surface area contributed by atoms with Gasteiger partial charge in [-0.3, -0.25) is 4.79 Å². The number of oxazole rings is 1. The normalized spacial score (nSPS) is 14.2. The molecule has 1 fully saturated rings. The molecule has 17 heavy (non-hydrogen) atoms. The van der Waals surface area contributed by atoms with E-state index in [0.29, 0.717) is 30.3 Å². The lowest BCUT2D eigenvalue weighted by Crippen LogP contribution is -2.48. The van der Waals surface area contributed by atoms with Gasteiger partial charge in [-0.2, -0.15) is 0 Å². The summed E-state index contributed by atoms with van der Waals surface area (Å²) in [6.07, 6.45) is 2.01. The van der Waals surface area contributed by atoms with Crippen LogP contribution in [-0.4, -0.2) is 30.5 Å². The van der Waals surface area contributed by atoms with Gasteiger partial charge in [-0.15, -0.1) is 24.8 Å². The lowest BCUT2D eigenvalue weighted by molar-refractivity contribution is 0.0936. The van der Waals surface area contributed by atoms with Gasteiger partial charge in [0.15, 0.2) is 12.1 Å². The van der Waals surface area contributed by atoms with Crippen molar-refractivity contribution in [3.05, 3.63) is 17.8 Å². The van der Waals surface area contributed by atoms with Gasteiger partial charge in [0.25, 0.3) is 5.91 Å². The van der Waals surface area contributed by atoms with Crippen molar-refractivity contribution in [1.29, 1.82) is 0 Å². The second-order valence-electron chi connectivity index (χ2n) is 3.71. The van der Waals surface area contributed by atoms with E-state index in [2.05, 4.69) is 15.6 Å². The van der Waals surface area contributed by atoms with E-state index in [1.165, 1.54) is 6.39 Å². The van der Waals surface area contributed by atoms with Crippen molar-refractivity contribution in [1.82, 2.24) is 15.6 Å². The van der Waals surface area contributed by atoms with Crippen LogP contribution in [0.4, 0.5) is 0 Å². The van der Waals surface area contributed by atoms with Crippen molar-refractivity contribution in [2.24, 2.45) is 5.92 Å². The van der Waals surface area contributed by atoms with Gasteiger partial charge in [-0.25, -0.2) is 4.98 Å². The molecule has 1 amide bonds. The molecule has 0 unspecified atom stereocenters. The van der Waals surface area contributed by atoms with E-state index in [1.807, 2.05) is 6.92 Å². The average molecular weight is 282 g/mol. The number of hydrogen-bond acceptors (Lipinski definition) is 4. The number of carbonyl (C=O) groups is 1. The maximum Gasteiger partial charge on any atom is 0.273 e. The number of carbonyl (C=O) groups excluding carboxylic acids is 1. The average Bonchev–Trinajstić information content (AvgIpc) is 2.62. The molecule has 2 heterocycles. The van der Waals surface area contributed by atoms with Crippen LogP contribution in [0.15, 0.2) is 10.8 Å². The molecule has 1 aromatic rings. The fourth-order valence-electron chi connectivity index (χ4n) is 1.52. The number of halogens is 2. The van der Waals surface area contributed by atoms with Gasteiger partial charge >= 0.3 is 0 Å². The second-order valence-corrected chi connectivity index (χ2v) is 3.71. The molecule has 0 atom stereocenters. The van der Waals surface area contributed by atoms with Crippen LogP contribution in [0.1, 0.15) is 23.2 Å². The van der Waals surface area contributed by atoms with E-state index >= 15 is 0 Å². The molecule has 2 rings (SSSR count). The van der Waals surface area contributed by atoms with Crippen LogP contribution in [0, 0.1) is 5.92 Å². The SMILES string of the molecule is CCc1ocnc1C(=O)NCC1CNC1.Cl.Cl. The Hall–Kier alpha value is -0.780. The first-order valence-electron chi connectivity index (χ1n) is 5.22. The Kier molecular flexibility index (Phi) is 7.18. The molecule has 0 saturated carbocycles. The number of nitrogens with zero attached hydrogens (tertiary/aromatic N) is 1. The molecule has 0 spiro atoms. The predicted molar refractivity (Wildman–Crippen MR) is 69.1 cm³/mol. The minimum Gasteiger partial charge on any atom is -0.448 e. The zero-order chi connectivity index (χ0) is 10.7. The van der Waals surface area contributed by atoms with Crippen molar-refractivity contribution in [2.45, 2.75) is 13.3 Å². The summed E-state index contributed by atoms with van der Waals surface area (Å²) in [4.78, 5) is 15.6. The molecule has 5 nitrogen and oxygen atoms in total. The molecule has 1 aliphatic rings. The number of amides is 1. The molecule has 0 aliphatic carbocycles. The number of hydrogen-bond donors (Lipinski definition) is 2. The van der Waals surface area contributed by atoms with Crippen LogP contribution in [-0.2, 0) is 6.42 Å².